The molecule has 4 heteroatoms. The third-order valence-electron chi connectivity index (χ3n) is 6.38. The molecule has 0 unspecified atom stereocenters. The number of hydrogen-bond acceptors (Lipinski definition) is 2. The van der Waals surface area contributed by atoms with Crippen molar-refractivity contribution >= 4 is 43.6 Å². The van der Waals surface area contributed by atoms with Crippen LogP contribution in [0.25, 0.3) is 43.6 Å². The molecule has 150 valence electrons. The average molecular weight is 396 g/mol. The monoisotopic (exact) mass is 396 g/mol. The topological polar surface area (TPSA) is 44.0 Å². The smallest absolute Gasteiger partial charge is 0.197 e. The minimum Gasteiger partial charge on any atom is -0.343 e. The Morgan fingerprint density at radius 2 is 0.900 bits per heavy atom. The van der Waals surface area contributed by atoms with E-state index in [1.54, 1.807) is 0 Å². The van der Waals surface area contributed by atoms with Crippen molar-refractivity contribution in [3.63, 3.8) is 0 Å². The first-order chi connectivity index (χ1) is 14.2. The van der Waals surface area contributed by atoms with Gasteiger partial charge in [-0.3, -0.25) is 9.59 Å². The summed E-state index contributed by atoms with van der Waals surface area (Å²) in [7, 11) is 3.94. The molecule has 0 N–H and O–H groups in total. The SMILES string of the molecule is Cc1cc(C)c2c(c1)c(=O)c1cc3c(cc1n2C)c(=O)c1cc(C)cc(C)c1n3C. The maximum absolute atomic E-state index is 13.5. The van der Waals surface area contributed by atoms with Crippen molar-refractivity contribution in [1.29, 1.82) is 0 Å². The molecule has 0 radical (unpaired) electrons. The minimum atomic E-state index is 0.0139. The zero-order chi connectivity index (χ0) is 21.5. The lowest BCUT2D eigenvalue weighted by Crippen LogP contribution is -2.14. The van der Waals surface area contributed by atoms with Crippen molar-refractivity contribution in [3.05, 3.63) is 79.1 Å². The number of hydrogen-bond donors (Lipinski definition) is 0. The van der Waals surface area contributed by atoms with E-state index in [2.05, 4.69) is 12.1 Å². The summed E-state index contributed by atoms with van der Waals surface area (Å²) in [5.41, 5.74) is 7.70. The fourth-order valence-corrected chi connectivity index (χ4v) is 5.18. The van der Waals surface area contributed by atoms with Crippen LogP contribution in [0.3, 0.4) is 0 Å². The zero-order valence-corrected chi connectivity index (χ0v) is 18.2. The normalized spacial score (nSPS) is 11.9. The molecule has 30 heavy (non-hydrogen) atoms. The Labute approximate surface area is 174 Å². The highest BCUT2D eigenvalue weighted by Crippen LogP contribution is 2.28. The number of pyridine rings is 2. The second kappa shape index (κ2) is 6.05. The van der Waals surface area contributed by atoms with Crippen LogP contribution in [-0.2, 0) is 14.1 Å². The third kappa shape index (κ3) is 2.34. The maximum Gasteiger partial charge on any atom is 0.197 e. The van der Waals surface area contributed by atoms with Gasteiger partial charge in [0.05, 0.1) is 22.1 Å². The second-order valence-electron chi connectivity index (χ2n) is 8.62. The predicted molar refractivity (Wildman–Crippen MR) is 126 cm³/mol. The van der Waals surface area contributed by atoms with E-state index in [9.17, 15) is 9.59 Å². The lowest BCUT2D eigenvalue weighted by molar-refractivity contribution is 0.987. The Morgan fingerprint density at radius 3 is 1.27 bits per heavy atom. The van der Waals surface area contributed by atoms with Crippen molar-refractivity contribution in [2.24, 2.45) is 14.1 Å². The number of aryl methyl sites for hydroxylation is 6. The Kier molecular flexibility index (Phi) is 3.75. The van der Waals surface area contributed by atoms with Gasteiger partial charge in [-0.05, 0) is 74.2 Å². The van der Waals surface area contributed by atoms with Crippen LogP contribution >= 0.6 is 0 Å². The number of rotatable bonds is 0. The van der Waals surface area contributed by atoms with E-state index < -0.39 is 0 Å². The van der Waals surface area contributed by atoms with Gasteiger partial charge in [-0.15, -0.1) is 0 Å². The van der Waals surface area contributed by atoms with Crippen molar-refractivity contribution in [3.8, 4) is 0 Å². The fraction of sp³-hybridized carbons (Fsp3) is 0.231. The second-order valence-corrected chi connectivity index (χ2v) is 8.62. The molecule has 5 aromatic rings. The highest BCUT2D eigenvalue weighted by molar-refractivity contribution is 6.04. The molecule has 2 heterocycles. The van der Waals surface area contributed by atoms with E-state index in [4.69, 9.17) is 0 Å². The molecule has 0 spiro atoms. The number of nitrogens with zero attached hydrogens (tertiary/aromatic N) is 2. The summed E-state index contributed by atoms with van der Waals surface area (Å²) in [6.45, 7) is 8.08. The Bertz CT molecular complexity index is 1560. The van der Waals surface area contributed by atoms with Crippen LogP contribution in [-0.4, -0.2) is 9.13 Å². The van der Waals surface area contributed by atoms with Crippen LogP contribution < -0.4 is 10.9 Å². The molecule has 4 nitrogen and oxygen atoms in total. The summed E-state index contributed by atoms with van der Waals surface area (Å²) < 4.78 is 4.09. The molecule has 0 fully saturated rings. The van der Waals surface area contributed by atoms with Gasteiger partial charge in [0.15, 0.2) is 10.9 Å². The fourth-order valence-electron chi connectivity index (χ4n) is 5.18. The van der Waals surface area contributed by atoms with Crippen molar-refractivity contribution in [2.45, 2.75) is 27.7 Å². The minimum absolute atomic E-state index is 0.0139. The van der Waals surface area contributed by atoms with Crippen LogP contribution in [0.2, 0.25) is 0 Å². The third-order valence-corrected chi connectivity index (χ3v) is 6.38. The van der Waals surface area contributed by atoms with E-state index in [0.717, 1.165) is 55.1 Å². The molecular weight excluding hydrogens is 372 g/mol. The van der Waals surface area contributed by atoms with E-state index in [1.807, 2.05) is 75.2 Å². The quantitative estimate of drug-likeness (QED) is 0.348. The molecule has 0 amide bonds. The van der Waals surface area contributed by atoms with E-state index in [-0.39, 0.29) is 10.9 Å². The molecule has 0 saturated heterocycles. The summed E-state index contributed by atoms with van der Waals surface area (Å²) in [5.74, 6) is 0. The van der Waals surface area contributed by atoms with E-state index >= 15 is 0 Å². The molecule has 0 saturated carbocycles. The summed E-state index contributed by atoms with van der Waals surface area (Å²) in [6.07, 6.45) is 0. The summed E-state index contributed by atoms with van der Waals surface area (Å²) in [6, 6.07) is 11.9. The number of aromatic nitrogens is 2. The maximum atomic E-state index is 13.5. The molecule has 0 aliphatic rings. The van der Waals surface area contributed by atoms with Gasteiger partial charge in [0.1, 0.15) is 0 Å². The summed E-state index contributed by atoms with van der Waals surface area (Å²) in [5, 5.41) is 2.72. The first-order valence-electron chi connectivity index (χ1n) is 10.2. The standard InChI is InChI=1S/C26H24N2O2/c1-13-7-15(3)23-19(9-13)25(29)17-11-22-18(12-21(17)27(23)5)26(30)20-10-14(2)8-16(4)24(20)28(22)6/h7-12H,1-6H3. The highest BCUT2D eigenvalue weighted by Gasteiger charge is 2.16. The molecule has 5 rings (SSSR count). The summed E-state index contributed by atoms with van der Waals surface area (Å²) >= 11 is 0. The molecule has 3 aromatic carbocycles. The van der Waals surface area contributed by atoms with Gasteiger partial charge < -0.3 is 9.13 Å². The van der Waals surface area contributed by atoms with Gasteiger partial charge in [0, 0.05) is 35.6 Å². The highest BCUT2D eigenvalue weighted by atomic mass is 16.1. The van der Waals surface area contributed by atoms with Gasteiger partial charge in [-0.25, -0.2) is 0 Å². The predicted octanol–water partition coefficient (Wildman–Crippen LogP) is 4.93. The van der Waals surface area contributed by atoms with Gasteiger partial charge in [0.2, 0.25) is 0 Å². The first-order valence-corrected chi connectivity index (χ1v) is 10.2. The lowest BCUT2D eigenvalue weighted by Gasteiger charge is -2.17. The Balaban J connectivity index is 2.10. The molecule has 0 bridgehead atoms. The Morgan fingerprint density at radius 1 is 0.533 bits per heavy atom. The van der Waals surface area contributed by atoms with Crippen LogP contribution in [0.5, 0.6) is 0 Å². The molecule has 2 aromatic heterocycles. The number of benzene rings is 3. The van der Waals surface area contributed by atoms with Crippen LogP contribution in [0, 0.1) is 27.7 Å². The Hall–Kier alpha value is -3.40. The van der Waals surface area contributed by atoms with Gasteiger partial charge >= 0.3 is 0 Å². The van der Waals surface area contributed by atoms with Crippen LogP contribution in [0.4, 0.5) is 0 Å². The molecular formula is C26H24N2O2. The lowest BCUT2D eigenvalue weighted by atomic mass is 10.00. The van der Waals surface area contributed by atoms with Crippen molar-refractivity contribution in [2.75, 3.05) is 0 Å². The van der Waals surface area contributed by atoms with Crippen LogP contribution in [0.1, 0.15) is 22.3 Å². The molecule has 0 aliphatic heterocycles. The zero-order valence-electron chi connectivity index (χ0n) is 18.2. The van der Waals surface area contributed by atoms with E-state index in [0.29, 0.717) is 10.8 Å². The molecule has 0 aliphatic carbocycles. The van der Waals surface area contributed by atoms with Gasteiger partial charge in [0.25, 0.3) is 0 Å². The largest absolute Gasteiger partial charge is 0.343 e. The summed E-state index contributed by atoms with van der Waals surface area (Å²) in [4.78, 5) is 26.9. The average Bonchev–Trinajstić information content (AvgIpc) is 2.68. The van der Waals surface area contributed by atoms with Gasteiger partial charge in [-0.1, -0.05) is 12.1 Å². The van der Waals surface area contributed by atoms with Crippen molar-refractivity contribution < 1.29 is 0 Å². The van der Waals surface area contributed by atoms with E-state index in [1.165, 1.54) is 0 Å². The molecule has 0 atom stereocenters. The first kappa shape index (κ1) is 18.6. The number of fused-ring (bicyclic) bond motifs is 4. The van der Waals surface area contributed by atoms with Gasteiger partial charge in [-0.2, -0.15) is 0 Å². The van der Waals surface area contributed by atoms with Crippen molar-refractivity contribution in [1.82, 2.24) is 9.13 Å². The van der Waals surface area contributed by atoms with Crippen LogP contribution in [0.15, 0.2) is 46.0 Å².